The first-order chi connectivity index (χ1) is 11.2. The van der Waals surface area contributed by atoms with Gasteiger partial charge in [-0.25, -0.2) is 14.2 Å². The van der Waals surface area contributed by atoms with Gasteiger partial charge in [-0.15, -0.1) is 11.3 Å². The molecule has 0 spiro atoms. The van der Waals surface area contributed by atoms with Crippen molar-refractivity contribution in [2.24, 2.45) is 0 Å². The molecule has 1 aliphatic heterocycles. The number of anilines is 1. The summed E-state index contributed by atoms with van der Waals surface area (Å²) < 4.78 is 13.2. The van der Waals surface area contributed by atoms with Crippen LogP contribution in [0.1, 0.15) is 23.3 Å². The number of aromatic nitrogens is 1. The number of rotatable bonds is 4. The van der Waals surface area contributed by atoms with Crippen LogP contribution in [0.3, 0.4) is 0 Å². The number of hydrogen-bond donors (Lipinski definition) is 2. The van der Waals surface area contributed by atoms with Gasteiger partial charge in [-0.05, 0) is 30.5 Å². The Labute approximate surface area is 137 Å². The Kier molecular flexibility index (Phi) is 4.88. The number of likely N-dealkylation sites (tertiary alicyclic amines) is 1. The largest absolute Gasteiger partial charge is 0.394 e. The van der Waals surface area contributed by atoms with Crippen LogP contribution in [0.15, 0.2) is 30.5 Å². The van der Waals surface area contributed by atoms with Crippen molar-refractivity contribution in [3.8, 4) is 0 Å². The van der Waals surface area contributed by atoms with Gasteiger partial charge in [-0.1, -0.05) is 12.1 Å². The van der Waals surface area contributed by atoms with Crippen molar-refractivity contribution >= 4 is 22.5 Å². The lowest BCUT2D eigenvalue weighted by Gasteiger charge is -2.22. The van der Waals surface area contributed by atoms with Crippen molar-refractivity contribution in [1.82, 2.24) is 9.88 Å². The van der Waals surface area contributed by atoms with Crippen LogP contribution in [-0.4, -0.2) is 40.2 Å². The van der Waals surface area contributed by atoms with E-state index in [2.05, 4.69) is 10.3 Å². The van der Waals surface area contributed by atoms with E-state index < -0.39 is 0 Å². The molecule has 1 saturated heterocycles. The number of carbonyl (C=O) groups is 1. The van der Waals surface area contributed by atoms with Gasteiger partial charge >= 0.3 is 6.03 Å². The summed E-state index contributed by atoms with van der Waals surface area (Å²) in [4.78, 5) is 19.0. The molecule has 2 amide bonds. The molecule has 5 nitrogen and oxygen atoms in total. The number of nitrogens with one attached hydrogen (secondary N) is 1. The average molecular weight is 335 g/mol. The predicted molar refractivity (Wildman–Crippen MR) is 87.2 cm³/mol. The summed E-state index contributed by atoms with van der Waals surface area (Å²) in [5, 5.41) is 12.6. The Hall–Kier alpha value is -1.99. The van der Waals surface area contributed by atoms with Gasteiger partial charge in [0.25, 0.3) is 0 Å². The van der Waals surface area contributed by atoms with Gasteiger partial charge in [-0.3, -0.25) is 5.32 Å². The van der Waals surface area contributed by atoms with Crippen LogP contribution < -0.4 is 5.32 Å². The number of urea groups is 1. The van der Waals surface area contributed by atoms with E-state index in [0.717, 1.165) is 23.3 Å². The number of halogens is 1. The van der Waals surface area contributed by atoms with Crippen LogP contribution in [0.25, 0.3) is 0 Å². The van der Waals surface area contributed by atoms with Crippen LogP contribution in [0, 0.1) is 5.82 Å². The molecule has 2 aromatic rings. The molecule has 1 atom stereocenters. The summed E-state index contributed by atoms with van der Waals surface area (Å²) in [5.41, 5.74) is 0.867. The summed E-state index contributed by atoms with van der Waals surface area (Å²) in [6, 6.07) is 6.10. The van der Waals surface area contributed by atoms with E-state index in [-0.39, 0.29) is 24.5 Å². The summed E-state index contributed by atoms with van der Waals surface area (Å²) in [5.74, 6) is -0.260. The van der Waals surface area contributed by atoms with Crippen LogP contribution in [0.5, 0.6) is 0 Å². The molecule has 0 radical (unpaired) electrons. The smallest absolute Gasteiger partial charge is 0.323 e. The Bertz CT molecular complexity index is 691. The van der Waals surface area contributed by atoms with E-state index in [1.165, 1.54) is 23.5 Å². The minimum Gasteiger partial charge on any atom is -0.394 e. The van der Waals surface area contributed by atoms with E-state index in [0.29, 0.717) is 18.1 Å². The second-order valence-corrected chi connectivity index (χ2v) is 6.66. The molecule has 23 heavy (non-hydrogen) atoms. The van der Waals surface area contributed by atoms with Gasteiger partial charge in [0.15, 0.2) is 5.13 Å². The van der Waals surface area contributed by atoms with Gasteiger partial charge in [0.1, 0.15) is 5.82 Å². The molecule has 1 fully saturated rings. The van der Waals surface area contributed by atoms with Crippen LogP contribution in [0.2, 0.25) is 0 Å². The minimum atomic E-state index is -0.260. The van der Waals surface area contributed by atoms with Crippen molar-refractivity contribution in [2.45, 2.75) is 25.3 Å². The van der Waals surface area contributed by atoms with Crippen LogP contribution in [-0.2, 0) is 6.42 Å². The zero-order valence-corrected chi connectivity index (χ0v) is 13.4. The monoisotopic (exact) mass is 335 g/mol. The molecule has 0 saturated carbocycles. The van der Waals surface area contributed by atoms with Crippen molar-refractivity contribution in [2.75, 3.05) is 18.5 Å². The highest BCUT2D eigenvalue weighted by Crippen LogP contribution is 2.23. The molecule has 2 N–H and O–H groups in total. The van der Waals surface area contributed by atoms with Gasteiger partial charge < -0.3 is 10.0 Å². The van der Waals surface area contributed by atoms with E-state index >= 15 is 0 Å². The van der Waals surface area contributed by atoms with E-state index in [4.69, 9.17) is 0 Å². The second kappa shape index (κ2) is 7.06. The maximum absolute atomic E-state index is 13.2. The van der Waals surface area contributed by atoms with Gasteiger partial charge in [0.2, 0.25) is 0 Å². The van der Waals surface area contributed by atoms with Crippen molar-refractivity contribution in [1.29, 1.82) is 0 Å². The fraction of sp³-hybridized carbons (Fsp3) is 0.375. The van der Waals surface area contributed by atoms with Gasteiger partial charge in [-0.2, -0.15) is 0 Å². The van der Waals surface area contributed by atoms with E-state index in [1.807, 2.05) is 6.07 Å². The molecular formula is C16H18FN3O2S. The molecule has 2 heterocycles. The zero-order chi connectivity index (χ0) is 16.2. The quantitative estimate of drug-likeness (QED) is 0.903. The lowest BCUT2D eigenvalue weighted by molar-refractivity contribution is 0.166. The number of benzene rings is 1. The number of carbonyl (C=O) groups excluding carboxylic acids is 1. The number of thiazole rings is 1. The van der Waals surface area contributed by atoms with Crippen molar-refractivity contribution < 1.29 is 14.3 Å². The Morgan fingerprint density at radius 1 is 1.52 bits per heavy atom. The summed E-state index contributed by atoms with van der Waals surface area (Å²) in [7, 11) is 0. The lowest BCUT2D eigenvalue weighted by atomic mass is 10.1. The molecule has 122 valence electrons. The molecule has 1 aromatic carbocycles. The molecule has 1 aromatic heterocycles. The van der Waals surface area contributed by atoms with Gasteiger partial charge in [0.05, 0.1) is 12.6 Å². The number of hydrogen-bond acceptors (Lipinski definition) is 4. The highest BCUT2D eigenvalue weighted by Gasteiger charge is 2.28. The highest BCUT2D eigenvalue weighted by atomic mass is 32.1. The SMILES string of the molecule is O=C(Nc1ncc(Cc2cccc(F)c2)s1)N1CCCC1CO. The number of aliphatic hydroxyl groups excluding tert-OH is 1. The zero-order valence-electron chi connectivity index (χ0n) is 12.5. The summed E-state index contributed by atoms with van der Waals surface area (Å²) >= 11 is 1.37. The third-order valence-corrected chi connectivity index (χ3v) is 4.80. The normalized spacial score (nSPS) is 17.5. The lowest BCUT2D eigenvalue weighted by Crippen LogP contribution is -2.40. The summed E-state index contributed by atoms with van der Waals surface area (Å²) in [6.45, 7) is 0.634. The minimum absolute atomic E-state index is 0.0177. The van der Waals surface area contributed by atoms with Crippen molar-refractivity contribution in [3.63, 3.8) is 0 Å². The third kappa shape index (κ3) is 3.86. The fourth-order valence-electron chi connectivity index (χ4n) is 2.75. The molecule has 1 unspecified atom stereocenters. The predicted octanol–water partition coefficient (Wildman–Crippen LogP) is 2.86. The standard InChI is InChI=1S/C16H18FN3O2S/c17-12-4-1-3-11(7-12)8-14-9-18-15(23-14)19-16(22)20-6-2-5-13(20)10-21/h1,3-4,7,9,13,21H,2,5-6,8,10H2,(H,18,19,22). The molecule has 3 rings (SSSR count). The highest BCUT2D eigenvalue weighted by molar-refractivity contribution is 7.15. The molecule has 0 bridgehead atoms. The topological polar surface area (TPSA) is 65.5 Å². The van der Waals surface area contributed by atoms with Gasteiger partial charge in [0, 0.05) is 24.0 Å². The van der Waals surface area contributed by atoms with E-state index in [9.17, 15) is 14.3 Å². The maximum atomic E-state index is 13.2. The third-order valence-electron chi connectivity index (χ3n) is 3.88. The molecule has 0 aliphatic carbocycles. The molecular weight excluding hydrogens is 317 g/mol. The Morgan fingerprint density at radius 3 is 3.17 bits per heavy atom. The number of amides is 2. The Balaban J connectivity index is 1.62. The van der Waals surface area contributed by atoms with Crippen LogP contribution >= 0.6 is 11.3 Å². The first-order valence-electron chi connectivity index (χ1n) is 7.53. The average Bonchev–Trinajstić information content (AvgIpc) is 3.16. The van der Waals surface area contributed by atoms with E-state index in [1.54, 1.807) is 17.2 Å². The first-order valence-corrected chi connectivity index (χ1v) is 8.35. The molecule has 7 heteroatoms. The maximum Gasteiger partial charge on any atom is 0.323 e. The Morgan fingerprint density at radius 2 is 2.39 bits per heavy atom. The number of aliphatic hydroxyl groups is 1. The first kappa shape index (κ1) is 15.9. The molecule has 1 aliphatic rings. The summed E-state index contributed by atoms with van der Waals surface area (Å²) in [6.07, 6.45) is 4.00. The number of nitrogens with zero attached hydrogens (tertiary/aromatic N) is 2. The fourth-order valence-corrected chi connectivity index (χ4v) is 3.59. The van der Waals surface area contributed by atoms with Crippen molar-refractivity contribution in [3.05, 3.63) is 46.7 Å². The van der Waals surface area contributed by atoms with Crippen LogP contribution in [0.4, 0.5) is 14.3 Å². The second-order valence-electron chi connectivity index (χ2n) is 5.54.